The van der Waals surface area contributed by atoms with Gasteiger partial charge in [0.2, 0.25) is 0 Å². The number of nitrogens with zero attached hydrogens (tertiary/aromatic N) is 2. The van der Waals surface area contributed by atoms with E-state index in [9.17, 15) is 27.7 Å². The van der Waals surface area contributed by atoms with E-state index in [1.807, 2.05) is 0 Å². The Morgan fingerprint density at radius 1 is 0.800 bits per heavy atom. The Bertz CT molecular complexity index is 923. The average Bonchev–Trinajstić information content (AvgIpc) is 2.59. The van der Waals surface area contributed by atoms with Gasteiger partial charge in [-0.3, -0.25) is 10.1 Å². The summed E-state index contributed by atoms with van der Waals surface area (Å²) in [6, 6.07) is 8.38. The van der Waals surface area contributed by atoms with Crippen LogP contribution in [0.4, 0.5) is 23.2 Å². The van der Waals surface area contributed by atoms with Crippen molar-refractivity contribution in [3.63, 3.8) is 0 Å². The number of aromatic nitrogens is 1. The summed E-state index contributed by atoms with van der Waals surface area (Å²) in [4.78, 5) is 14.3. The standard InChI is InChI=1S/C17H8F4N2O2/c18-12-5-1-3-10(16(12)20)14-7-9(23(24)25)8-15(22-14)11-4-2-6-13(19)17(11)21/h1-8H. The number of nitro groups is 1. The highest BCUT2D eigenvalue weighted by atomic mass is 19.2. The van der Waals surface area contributed by atoms with Crippen molar-refractivity contribution >= 4 is 5.69 Å². The van der Waals surface area contributed by atoms with Crippen LogP contribution in [0.15, 0.2) is 48.5 Å². The van der Waals surface area contributed by atoms with Crippen molar-refractivity contribution in [3.05, 3.63) is 81.9 Å². The topological polar surface area (TPSA) is 56.0 Å². The molecule has 0 N–H and O–H groups in total. The monoisotopic (exact) mass is 348 g/mol. The molecule has 0 saturated heterocycles. The molecule has 0 aliphatic heterocycles. The van der Waals surface area contributed by atoms with Gasteiger partial charge in [0, 0.05) is 23.3 Å². The molecule has 4 nitrogen and oxygen atoms in total. The number of halogens is 4. The number of pyridine rings is 1. The molecule has 25 heavy (non-hydrogen) atoms. The van der Waals surface area contributed by atoms with Gasteiger partial charge < -0.3 is 0 Å². The van der Waals surface area contributed by atoms with E-state index in [1.54, 1.807) is 0 Å². The van der Waals surface area contributed by atoms with Gasteiger partial charge in [-0.05, 0) is 24.3 Å². The maximum atomic E-state index is 14.0. The van der Waals surface area contributed by atoms with Gasteiger partial charge in [0.05, 0.1) is 16.3 Å². The Hall–Kier alpha value is -3.29. The first-order chi connectivity index (χ1) is 11.9. The zero-order valence-electron chi connectivity index (χ0n) is 12.3. The molecule has 1 heterocycles. The largest absolute Gasteiger partial charge is 0.273 e. The van der Waals surface area contributed by atoms with E-state index in [0.29, 0.717) is 0 Å². The normalized spacial score (nSPS) is 10.7. The Labute approximate surface area is 138 Å². The first kappa shape index (κ1) is 16.6. The molecular formula is C17H8F4N2O2. The van der Waals surface area contributed by atoms with Crippen molar-refractivity contribution in [1.29, 1.82) is 0 Å². The highest BCUT2D eigenvalue weighted by molar-refractivity contribution is 5.70. The Morgan fingerprint density at radius 3 is 1.64 bits per heavy atom. The molecule has 0 saturated carbocycles. The Balaban J connectivity index is 2.28. The van der Waals surface area contributed by atoms with Crippen molar-refractivity contribution < 1.29 is 22.5 Å². The highest BCUT2D eigenvalue weighted by Crippen LogP contribution is 2.31. The maximum absolute atomic E-state index is 14.0. The van der Waals surface area contributed by atoms with Gasteiger partial charge in [0.1, 0.15) is 0 Å². The van der Waals surface area contributed by atoms with Crippen LogP contribution in [0.25, 0.3) is 22.5 Å². The van der Waals surface area contributed by atoms with E-state index in [0.717, 1.165) is 24.3 Å². The summed E-state index contributed by atoms with van der Waals surface area (Å²) in [5, 5.41) is 11.1. The average molecular weight is 348 g/mol. The molecule has 8 heteroatoms. The van der Waals surface area contributed by atoms with Crippen molar-refractivity contribution in [2.75, 3.05) is 0 Å². The third-order valence-electron chi connectivity index (χ3n) is 3.48. The first-order valence-corrected chi connectivity index (χ1v) is 6.93. The lowest BCUT2D eigenvalue weighted by molar-refractivity contribution is -0.384. The van der Waals surface area contributed by atoms with Gasteiger partial charge in [0.15, 0.2) is 23.3 Å². The van der Waals surface area contributed by atoms with E-state index in [4.69, 9.17) is 0 Å². The first-order valence-electron chi connectivity index (χ1n) is 6.93. The fraction of sp³-hybridized carbons (Fsp3) is 0. The number of rotatable bonds is 3. The Kier molecular flexibility index (Phi) is 4.18. The molecule has 126 valence electrons. The molecule has 0 aliphatic carbocycles. The van der Waals surface area contributed by atoms with Gasteiger partial charge >= 0.3 is 0 Å². The molecule has 3 aromatic rings. The van der Waals surface area contributed by atoms with E-state index in [-0.39, 0.29) is 22.5 Å². The molecule has 0 unspecified atom stereocenters. The predicted octanol–water partition coefficient (Wildman–Crippen LogP) is 4.88. The fourth-order valence-corrected chi connectivity index (χ4v) is 2.30. The SMILES string of the molecule is O=[N+]([O-])c1cc(-c2cccc(F)c2F)nc(-c2cccc(F)c2F)c1. The lowest BCUT2D eigenvalue weighted by Gasteiger charge is -2.08. The third kappa shape index (κ3) is 3.06. The molecule has 0 atom stereocenters. The van der Waals surface area contributed by atoms with Gasteiger partial charge in [-0.1, -0.05) is 12.1 Å². The minimum Gasteiger partial charge on any atom is -0.258 e. The quantitative estimate of drug-likeness (QED) is 0.385. The highest BCUT2D eigenvalue weighted by Gasteiger charge is 2.19. The molecule has 2 aromatic carbocycles. The van der Waals surface area contributed by atoms with Crippen LogP contribution in [-0.2, 0) is 0 Å². The smallest absolute Gasteiger partial charge is 0.258 e. The van der Waals surface area contributed by atoms with Gasteiger partial charge in [-0.2, -0.15) is 0 Å². The van der Waals surface area contributed by atoms with E-state index in [1.165, 1.54) is 24.3 Å². The summed E-state index contributed by atoms with van der Waals surface area (Å²) in [5.41, 5.74) is -1.73. The van der Waals surface area contributed by atoms with Crippen molar-refractivity contribution in [2.45, 2.75) is 0 Å². The number of benzene rings is 2. The molecule has 0 radical (unpaired) electrons. The Morgan fingerprint density at radius 2 is 1.24 bits per heavy atom. The summed E-state index contributed by atoms with van der Waals surface area (Å²) >= 11 is 0. The molecule has 1 aromatic heterocycles. The van der Waals surface area contributed by atoms with Crippen molar-refractivity contribution in [3.8, 4) is 22.5 Å². The van der Waals surface area contributed by atoms with Crippen LogP contribution in [-0.4, -0.2) is 9.91 Å². The lowest BCUT2D eigenvalue weighted by Crippen LogP contribution is -1.98. The second-order valence-electron chi connectivity index (χ2n) is 5.06. The lowest BCUT2D eigenvalue weighted by atomic mass is 10.1. The van der Waals surface area contributed by atoms with Crippen LogP contribution < -0.4 is 0 Å². The summed E-state index contributed by atoms with van der Waals surface area (Å²) in [6.45, 7) is 0. The molecule has 0 bridgehead atoms. The number of hydrogen-bond donors (Lipinski definition) is 0. The van der Waals surface area contributed by atoms with Crippen LogP contribution in [0.1, 0.15) is 0 Å². The predicted molar refractivity (Wildman–Crippen MR) is 81.6 cm³/mol. The molecule has 3 rings (SSSR count). The summed E-state index contributed by atoms with van der Waals surface area (Å²) < 4.78 is 54.8. The van der Waals surface area contributed by atoms with E-state index < -0.39 is 33.9 Å². The van der Waals surface area contributed by atoms with Gasteiger partial charge in [-0.15, -0.1) is 0 Å². The van der Waals surface area contributed by atoms with E-state index in [2.05, 4.69) is 4.98 Å². The van der Waals surface area contributed by atoms with Crippen molar-refractivity contribution in [2.24, 2.45) is 0 Å². The van der Waals surface area contributed by atoms with Crippen LogP contribution >= 0.6 is 0 Å². The zero-order valence-corrected chi connectivity index (χ0v) is 12.3. The summed E-state index contributed by atoms with van der Waals surface area (Å²) in [6.07, 6.45) is 0. The third-order valence-corrected chi connectivity index (χ3v) is 3.48. The fourth-order valence-electron chi connectivity index (χ4n) is 2.30. The second-order valence-corrected chi connectivity index (χ2v) is 5.06. The van der Waals surface area contributed by atoms with Crippen LogP contribution in [0.2, 0.25) is 0 Å². The minimum atomic E-state index is -1.25. The summed E-state index contributed by atoms with van der Waals surface area (Å²) in [5.74, 6) is -4.82. The molecule has 0 fully saturated rings. The van der Waals surface area contributed by atoms with Crippen LogP contribution in [0, 0.1) is 33.4 Å². The number of hydrogen-bond acceptors (Lipinski definition) is 3. The second kappa shape index (κ2) is 6.31. The summed E-state index contributed by atoms with van der Waals surface area (Å²) in [7, 11) is 0. The minimum absolute atomic E-state index is 0.273. The molecule has 0 spiro atoms. The van der Waals surface area contributed by atoms with Crippen LogP contribution in [0.3, 0.4) is 0 Å². The molecule has 0 amide bonds. The van der Waals surface area contributed by atoms with Gasteiger partial charge in [0.25, 0.3) is 5.69 Å². The molecule has 0 aliphatic rings. The van der Waals surface area contributed by atoms with Gasteiger partial charge in [-0.25, -0.2) is 22.5 Å². The van der Waals surface area contributed by atoms with Crippen molar-refractivity contribution in [1.82, 2.24) is 4.98 Å². The maximum Gasteiger partial charge on any atom is 0.273 e. The zero-order chi connectivity index (χ0) is 18.1. The van der Waals surface area contributed by atoms with E-state index >= 15 is 0 Å². The molecular weight excluding hydrogens is 340 g/mol. The van der Waals surface area contributed by atoms with Crippen LogP contribution in [0.5, 0.6) is 0 Å².